The van der Waals surface area contributed by atoms with E-state index in [2.05, 4.69) is 49.7 Å². The zero-order chi connectivity index (χ0) is 12.1. The van der Waals surface area contributed by atoms with Gasteiger partial charge in [-0.3, -0.25) is 4.68 Å². The molecule has 1 aromatic rings. The molecule has 3 unspecified atom stereocenters. The normalized spacial score (nSPS) is 17.1. The third-order valence-corrected chi connectivity index (χ3v) is 3.04. The summed E-state index contributed by atoms with van der Waals surface area (Å²) in [6, 6.07) is 2.91. The van der Waals surface area contributed by atoms with Gasteiger partial charge in [-0.1, -0.05) is 13.8 Å². The lowest BCUT2D eigenvalue weighted by Crippen LogP contribution is -2.19. The number of nitrogens with two attached hydrogens (primary N) is 1. The lowest BCUT2D eigenvalue weighted by atomic mass is 9.98. The first-order valence-electron chi connectivity index (χ1n) is 6.32. The van der Waals surface area contributed by atoms with E-state index in [-0.39, 0.29) is 6.04 Å². The molecular weight excluding hydrogens is 198 g/mol. The van der Waals surface area contributed by atoms with Crippen molar-refractivity contribution in [1.82, 2.24) is 9.78 Å². The average molecular weight is 223 g/mol. The maximum absolute atomic E-state index is 5.80. The number of nitrogens with zero attached hydrogens (tertiary/aromatic N) is 2. The molecule has 0 bridgehead atoms. The van der Waals surface area contributed by atoms with Crippen LogP contribution in [0.5, 0.6) is 0 Å². The van der Waals surface area contributed by atoms with Gasteiger partial charge in [-0.2, -0.15) is 5.10 Å². The Morgan fingerprint density at radius 3 is 2.62 bits per heavy atom. The van der Waals surface area contributed by atoms with Gasteiger partial charge in [0.05, 0.1) is 5.69 Å². The van der Waals surface area contributed by atoms with Crippen molar-refractivity contribution in [3.63, 3.8) is 0 Å². The number of hydrogen-bond donors (Lipinski definition) is 1. The van der Waals surface area contributed by atoms with Gasteiger partial charge in [0.25, 0.3) is 0 Å². The smallest absolute Gasteiger partial charge is 0.0627 e. The number of rotatable bonds is 6. The summed E-state index contributed by atoms with van der Waals surface area (Å²) in [4.78, 5) is 0. The van der Waals surface area contributed by atoms with E-state index in [4.69, 9.17) is 5.73 Å². The van der Waals surface area contributed by atoms with E-state index in [1.807, 2.05) is 0 Å². The van der Waals surface area contributed by atoms with Gasteiger partial charge in [0.2, 0.25) is 0 Å². The van der Waals surface area contributed by atoms with E-state index < -0.39 is 0 Å². The molecule has 0 fully saturated rings. The van der Waals surface area contributed by atoms with Crippen LogP contribution < -0.4 is 5.73 Å². The Kier molecular flexibility index (Phi) is 5.00. The predicted molar refractivity (Wildman–Crippen MR) is 68.4 cm³/mol. The van der Waals surface area contributed by atoms with E-state index in [1.54, 1.807) is 0 Å². The van der Waals surface area contributed by atoms with Gasteiger partial charge in [-0.15, -0.1) is 0 Å². The van der Waals surface area contributed by atoms with Crippen molar-refractivity contribution in [2.24, 2.45) is 11.7 Å². The van der Waals surface area contributed by atoms with Gasteiger partial charge < -0.3 is 5.73 Å². The fourth-order valence-corrected chi connectivity index (χ4v) is 1.99. The Labute approximate surface area is 99.0 Å². The standard InChI is InChI=1S/C13H25N3/c1-5-12(4)16-7-6-13(15-16)9-10(2)8-11(3)14/h6-7,10-12H,5,8-9,14H2,1-4H3. The highest BCUT2D eigenvalue weighted by molar-refractivity contribution is 5.00. The van der Waals surface area contributed by atoms with Gasteiger partial charge >= 0.3 is 0 Å². The van der Waals surface area contributed by atoms with Crippen LogP contribution in [0.25, 0.3) is 0 Å². The Morgan fingerprint density at radius 2 is 2.06 bits per heavy atom. The molecular formula is C13H25N3. The molecule has 1 rings (SSSR count). The van der Waals surface area contributed by atoms with Crippen molar-refractivity contribution >= 4 is 0 Å². The van der Waals surface area contributed by atoms with Gasteiger partial charge in [0.1, 0.15) is 0 Å². The number of aromatic nitrogens is 2. The number of hydrogen-bond acceptors (Lipinski definition) is 2. The molecule has 0 amide bonds. The average Bonchev–Trinajstić information content (AvgIpc) is 2.63. The molecule has 3 nitrogen and oxygen atoms in total. The van der Waals surface area contributed by atoms with E-state index >= 15 is 0 Å². The fourth-order valence-electron chi connectivity index (χ4n) is 1.99. The third kappa shape index (κ3) is 3.97. The lowest BCUT2D eigenvalue weighted by molar-refractivity contribution is 0.451. The van der Waals surface area contributed by atoms with Gasteiger partial charge in [-0.25, -0.2) is 0 Å². The summed E-state index contributed by atoms with van der Waals surface area (Å²) in [6.45, 7) is 8.69. The molecule has 0 saturated heterocycles. The molecule has 1 heterocycles. The first-order chi connectivity index (χ1) is 7.52. The van der Waals surface area contributed by atoms with Crippen LogP contribution in [0.4, 0.5) is 0 Å². The second-order valence-corrected chi connectivity index (χ2v) is 5.07. The van der Waals surface area contributed by atoms with Crippen LogP contribution in [-0.4, -0.2) is 15.8 Å². The first-order valence-corrected chi connectivity index (χ1v) is 6.32. The second kappa shape index (κ2) is 6.04. The Bertz CT molecular complexity index is 304. The molecule has 2 N–H and O–H groups in total. The van der Waals surface area contributed by atoms with Crippen molar-refractivity contribution in [2.75, 3.05) is 0 Å². The molecule has 0 radical (unpaired) electrons. The molecule has 3 atom stereocenters. The molecule has 0 spiro atoms. The monoisotopic (exact) mass is 223 g/mol. The van der Waals surface area contributed by atoms with Crippen LogP contribution in [0.15, 0.2) is 12.3 Å². The highest BCUT2D eigenvalue weighted by Crippen LogP contribution is 2.14. The fraction of sp³-hybridized carbons (Fsp3) is 0.769. The molecule has 1 aromatic heterocycles. The van der Waals surface area contributed by atoms with Gasteiger partial charge in [0.15, 0.2) is 0 Å². The summed E-state index contributed by atoms with van der Waals surface area (Å²) in [6.07, 6.45) is 5.31. The summed E-state index contributed by atoms with van der Waals surface area (Å²) in [7, 11) is 0. The van der Waals surface area contributed by atoms with Gasteiger partial charge in [-0.05, 0) is 45.1 Å². The second-order valence-electron chi connectivity index (χ2n) is 5.07. The summed E-state index contributed by atoms with van der Waals surface area (Å²) >= 11 is 0. The van der Waals surface area contributed by atoms with E-state index in [0.29, 0.717) is 12.0 Å². The van der Waals surface area contributed by atoms with E-state index in [9.17, 15) is 0 Å². The molecule has 0 aromatic carbocycles. The van der Waals surface area contributed by atoms with Crippen LogP contribution in [0.1, 0.15) is 52.3 Å². The molecule has 3 heteroatoms. The van der Waals surface area contributed by atoms with Crippen LogP contribution >= 0.6 is 0 Å². The van der Waals surface area contributed by atoms with Crippen molar-refractivity contribution in [2.45, 2.75) is 59.0 Å². The molecule has 0 aliphatic heterocycles. The first kappa shape index (κ1) is 13.2. The highest BCUT2D eigenvalue weighted by Gasteiger charge is 2.10. The van der Waals surface area contributed by atoms with Gasteiger partial charge in [0, 0.05) is 18.3 Å². The van der Waals surface area contributed by atoms with E-state index in [1.165, 1.54) is 5.69 Å². The molecule has 0 aliphatic carbocycles. The summed E-state index contributed by atoms with van der Waals surface area (Å²) in [5.41, 5.74) is 6.98. The quantitative estimate of drug-likeness (QED) is 0.806. The van der Waals surface area contributed by atoms with Crippen LogP contribution in [0, 0.1) is 5.92 Å². The third-order valence-electron chi connectivity index (χ3n) is 3.04. The molecule has 92 valence electrons. The lowest BCUT2D eigenvalue weighted by Gasteiger charge is -2.12. The Hall–Kier alpha value is -0.830. The Balaban J connectivity index is 2.51. The molecule has 0 saturated carbocycles. The van der Waals surface area contributed by atoms with E-state index in [0.717, 1.165) is 19.3 Å². The van der Waals surface area contributed by atoms with Crippen molar-refractivity contribution in [1.29, 1.82) is 0 Å². The maximum atomic E-state index is 5.80. The minimum atomic E-state index is 0.284. The SMILES string of the molecule is CCC(C)n1ccc(CC(C)CC(C)N)n1. The maximum Gasteiger partial charge on any atom is 0.0627 e. The summed E-state index contributed by atoms with van der Waals surface area (Å²) in [5, 5.41) is 4.60. The highest BCUT2D eigenvalue weighted by atomic mass is 15.3. The zero-order valence-corrected chi connectivity index (χ0v) is 11.0. The topological polar surface area (TPSA) is 43.8 Å². The summed E-state index contributed by atoms with van der Waals surface area (Å²) in [5.74, 6) is 0.611. The van der Waals surface area contributed by atoms with Crippen LogP contribution in [0.3, 0.4) is 0 Å². The zero-order valence-electron chi connectivity index (χ0n) is 11.0. The Morgan fingerprint density at radius 1 is 1.38 bits per heavy atom. The molecule has 0 aliphatic rings. The van der Waals surface area contributed by atoms with Crippen molar-refractivity contribution in [3.05, 3.63) is 18.0 Å². The minimum Gasteiger partial charge on any atom is -0.328 e. The van der Waals surface area contributed by atoms with Crippen LogP contribution in [-0.2, 0) is 6.42 Å². The largest absolute Gasteiger partial charge is 0.328 e. The summed E-state index contributed by atoms with van der Waals surface area (Å²) < 4.78 is 2.06. The van der Waals surface area contributed by atoms with Crippen LogP contribution in [0.2, 0.25) is 0 Å². The molecule has 16 heavy (non-hydrogen) atoms. The van der Waals surface area contributed by atoms with Crippen molar-refractivity contribution < 1.29 is 0 Å². The minimum absolute atomic E-state index is 0.284. The van der Waals surface area contributed by atoms with Crippen molar-refractivity contribution in [3.8, 4) is 0 Å². The predicted octanol–water partition coefficient (Wildman–Crippen LogP) is 2.77.